The Labute approximate surface area is 133 Å². The highest BCUT2D eigenvalue weighted by molar-refractivity contribution is 8.00. The number of anilines is 1. The van der Waals surface area contributed by atoms with E-state index in [-0.39, 0.29) is 5.91 Å². The Morgan fingerprint density at radius 2 is 1.95 bits per heavy atom. The molecule has 0 aliphatic rings. The minimum absolute atomic E-state index is 0.0819. The monoisotopic (exact) mass is 321 g/mol. The molecular weight excluding hydrogens is 306 g/mol. The van der Waals surface area contributed by atoms with Crippen molar-refractivity contribution in [3.05, 3.63) is 53.1 Å². The summed E-state index contributed by atoms with van der Waals surface area (Å²) in [4.78, 5) is 12.9. The van der Waals surface area contributed by atoms with Gasteiger partial charge >= 0.3 is 0 Å². The number of hydrogen-bond acceptors (Lipinski definition) is 3. The normalized spacial score (nSPS) is 10.2. The highest BCUT2D eigenvalue weighted by Gasteiger charge is 2.07. The van der Waals surface area contributed by atoms with Gasteiger partial charge in [0.15, 0.2) is 0 Å². The zero-order chi connectivity index (χ0) is 15.2. The largest absolute Gasteiger partial charge is 0.497 e. The Bertz CT molecular complexity index is 629. The van der Waals surface area contributed by atoms with Crippen molar-refractivity contribution in [2.24, 2.45) is 0 Å². The van der Waals surface area contributed by atoms with Crippen LogP contribution in [-0.2, 0) is 4.79 Å². The Balaban J connectivity index is 1.89. The maximum Gasteiger partial charge on any atom is 0.234 e. The van der Waals surface area contributed by atoms with Gasteiger partial charge in [0.1, 0.15) is 5.75 Å². The molecule has 1 N–H and O–H groups in total. The highest BCUT2D eigenvalue weighted by Crippen LogP contribution is 2.24. The van der Waals surface area contributed by atoms with Gasteiger partial charge in [-0.25, -0.2) is 0 Å². The zero-order valence-corrected chi connectivity index (χ0v) is 13.4. The molecule has 0 radical (unpaired) electrons. The summed E-state index contributed by atoms with van der Waals surface area (Å²) in [7, 11) is 1.63. The summed E-state index contributed by atoms with van der Waals surface area (Å²) in [5, 5.41) is 3.37. The van der Waals surface area contributed by atoms with Crippen molar-refractivity contribution in [2.45, 2.75) is 11.8 Å². The van der Waals surface area contributed by atoms with E-state index < -0.39 is 0 Å². The number of ether oxygens (including phenoxy) is 1. The topological polar surface area (TPSA) is 38.3 Å². The Hall–Kier alpha value is -1.65. The molecule has 0 aromatic heterocycles. The molecule has 0 saturated heterocycles. The lowest BCUT2D eigenvalue weighted by molar-refractivity contribution is -0.113. The molecule has 0 saturated carbocycles. The van der Waals surface area contributed by atoms with Gasteiger partial charge in [-0.2, -0.15) is 0 Å². The second-order valence-corrected chi connectivity index (χ2v) is 5.95. The second-order valence-electron chi connectivity index (χ2n) is 4.50. The van der Waals surface area contributed by atoms with E-state index in [0.29, 0.717) is 16.5 Å². The number of nitrogens with one attached hydrogen (secondary N) is 1. The summed E-state index contributed by atoms with van der Waals surface area (Å²) >= 11 is 7.55. The first kappa shape index (κ1) is 15.7. The molecule has 0 bridgehead atoms. The van der Waals surface area contributed by atoms with E-state index in [4.69, 9.17) is 16.3 Å². The van der Waals surface area contributed by atoms with Gasteiger partial charge in [-0.05, 0) is 48.9 Å². The first-order valence-corrected chi connectivity index (χ1v) is 7.77. The number of rotatable bonds is 5. The Morgan fingerprint density at radius 1 is 1.24 bits per heavy atom. The second kappa shape index (κ2) is 7.38. The lowest BCUT2D eigenvalue weighted by atomic mass is 10.2. The van der Waals surface area contributed by atoms with E-state index in [1.54, 1.807) is 7.11 Å². The van der Waals surface area contributed by atoms with Crippen molar-refractivity contribution in [1.82, 2.24) is 0 Å². The molecule has 21 heavy (non-hydrogen) atoms. The fourth-order valence-electron chi connectivity index (χ4n) is 1.73. The number of hydrogen-bond donors (Lipinski definition) is 1. The minimum Gasteiger partial charge on any atom is -0.497 e. The molecule has 2 aromatic rings. The first-order chi connectivity index (χ1) is 10.1. The maximum atomic E-state index is 11.9. The lowest BCUT2D eigenvalue weighted by Gasteiger charge is -2.08. The SMILES string of the molecule is COc1ccc(SCC(=O)Nc2ccc(C)cc2Cl)cc1. The molecule has 0 spiro atoms. The van der Waals surface area contributed by atoms with E-state index in [0.717, 1.165) is 16.2 Å². The van der Waals surface area contributed by atoms with Crippen LogP contribution in [0.25, 0.3) is 0 Å². The third-order valence-electron chi connectivity index (χ3n) is 2.83. The minimum atomic E-state index is -0.0819. The third-order valence-corrected chi connectivity index (χ3v) is 4.15. The van der Waals surface area contributed by atoms with Crippen molar-refractivity contribution < 1.29 is 9.53 Å². The lowest BCUT2D eigenvalue weighted by Crippen LogP contribution is -2.14. The summed E-state index contributed by atoms with van der Waals surface area (Å²) in [5.41, 5.74) is 1.70. The fraction of sp³-hybridized carbons (Fsp3) is 0.188. The van der Waals surface area contributed by atoms with Gasteiger partial charge in [-0.3, -0.25) is 4.79 Å². The average Bonchev–Trinajstić information content (AvgIpc) is 2.48. The molecule has 2 rings (SSSR count). The molecule has 0 heterocycles. The Morgan fingerprint density at radius 3 is 2.57 bits per heavy atom. The maximum absolute atomic E-state index is 11.9. The smallest absolute Gasteiger partial charge is 0.234 e. The molecule has 0 fully saturated rings. The summed E-state index contributed by atoms with van der Waals surface area (Å²) in [6, 6.07) is 13.2. The van der Waals surface area contributed by atoms with Crippen LogP contribution in [0.5, 0.6) is 5.75 Å². The van der Waals surface area contributed by atoms with Gasteiger partial charge in [0.2, 0.25) is 5.91 Å². The first-order valence-electron chi connectivity index (χ1n) is 6.41. The van der Waals surface area contributed by atoms with Gasteiger partial charge in [-0.15, -0.1) is 11.8 Å². The van der Waals surface area contributed by atoms with Gasteiger partial charge in [0.25, 0.3) is 0 Å². The number of carbonyl (C=O) groups excluding carboxylic acids is 1. The Kier molecular flexibility index (Phi) is 5.53. The fourth-order valence-corrected chi connectivity index (χ4v) is 2.71. The third kappa shape index (κ3) is 4.69. The van der Waals surface area contributed by atoms with Crippen LogP contribution in [0.2, 0.25) is 5.02 Å². The van der Waals surface area contributed by atoms with Crippen molar-refractivity contribution in [3.63, 3.8) is 0 Å². The van der Waals surface area contributed by atoms with Gasteiger partial charge in [0, 0.05) is 4.90 Å². The van der Waals surface area contributed by atoms with Gasteiger partial charge < -0.3 is 10.1 Å². The molecule has 0 atom stereocenters. The summed E-state index contributed by atoms with van der Waals surface area (Å²) in [6.45, 7) is 1.96. The molecule has 3 nitrogen and oxygen atoms in total. The van der Waals surface area contributed by atoms with Crippen molar-refractivity contribution in [2.75, 3.05) is 18.2 Å². The number of amides is 1. The number of aryl methyl sites for hydroxylation is 1. The van der Waals surface area contributed by atoms with Crippen LogP contribution in [0, 0.1) is 6.92 Å². The summed E-state index contributed by atoms with van der Waals surface area (Å²) < 4.78 is 5.09. The van der Waals surface area contributed by atoms with E-state index in [2.05, 4.69) is 5.32 Å². The zero-order valence-electron chi connectivity index (χ0n) is 11.9. The van der Waals surface area contributed by atoms with E-state index in [1.165, 1.54) is 11.8 Å². The van der Waals surface area contributed by atoms with Crippen LogP contribution >= 0.6 is 23.4 Å². The van der Waals surface area contributed by atoms with Crippen molar-refractivity contribution in [3.8, 4) is 5.75 Å². The number of benzene rings is 2. The van der Waals surface area contributed by atoms with Crippen LogP contribution < -0.4 is 10.1 Å². The van der Waals surface area contributed by atoms with Crippen molar-refractivity contribution in [1.29, 1.82) is 0 Å². The van der Waals surface area contributed by atoms with Crippen LogP contribution in [0.3, 0.4) is 0 Å². The number of methoxy groups -OCH3 is 1. The molecular formula is C16H16ClNO2S. The van der Waals surface area contributed by atoms with Crippen LogP contribution in [0.4, 0.5) is 5.69 Å². The van der Waals surface area contributed by atoms with E-state index in [1.807, 2.05) is 49.4 Å². The highest BCUT2D eigenvalue weighted by atomic mass is 35.5. The van der Waals surface area contributed by atoms with Gasteiger partial charge in [0.05, 0.1) is 23.6 Å². The molecule has 5 heteroatoms. The van der Waals surface area contributed by atoms with E-state index in [9.17, 15) is 4.79 Å². The number of thioether (sulfide) groups is 1. The quantitative estimate of drug-likeness (QED) is 0.830. The van der Waals surface area contributed by atoms with Gasteiger partial charge in [-0.1, -0.05) is 17.7 Å². The summed E-state index contributed by atoms with van der Waals surface area (Å²) in [5.74, 6) is 1.05. The van der Waals surface area contributed by atoms with Crippen molar-refractivity contribution >= 4 is 35.0 Å². The molecule has 0 aliphatic carbocycles. The van der Waals surface area contributed by atoms with E-state index >= 15 is 0 Å². The van der Waals surface area contributed by atoms with Crippen LogP contribution in [0.15, 0.2) is 47.4 Å². The average molecular weight is 322 g/mol. The molecule has 0 unspecified atom stereocenters. The summed E-state index contributed by atoms with van der Waals surface area (Å²) in [6.07, 6.45) is 0. The predicted octanol–water partition coefficient (Wildman–Crippen LogP) is 4.39. The van der Waals surface area contributed by atoms with Crippen LogP contribution in [-0.4, -0.2) is 18.8 Å². The molecule has 1 amide bonds. The number of halogens is 1. The molecule has 2 aromatic carbocycles. The van der Waals surface area contributed by atoms with Crippen LogP contribution in [0.1, 0.15) is 5.56 Å². The predicted molar refractivity (Wildman–Crippen MR) is 88.5 cm³/mol. The molecule has 110 valence electrons. The number of carbonyl (C=O) groups is 1. The standard InChI is InChI=1S/C16H16ClNO2S/c1-11-3-8-15(14(17)9-11)18-16(19)10-21-13-6-4-12(20-2)5-7-13/h3-9H,10H2,1-2H3,(H,18,19). The molecule has 0 aliphatic heterocycles.